The first-order valence-corrected chi connectivity index (χ1v) is 8.58. The van der Waals surface area contributed by atoms with Crippen LogP contribution in [-0.4, -0.2) is 52.3 Å². The van der Waals surface area contributed by atoms with E-state index in [0.717, 1.165) is 6.42 Å². The predicted molar refractivity (Wildman–Crippen MR) is 87.3 cm³/mol. The lowest BCUT2D eigenvalue weighted by Crippen LogP contribution is -2.73. The molecule has 0 radical (unpaired) electrons. The van der Waals surface area contributed by atoms with E-state index >= 15 is 0 Å². The maximum Gasteiger partial charge on any atom is 0.410 e. The van der Waals surface area contributed by atoms with Crippen molar-refractivity contribution >= 4 is 12.1 Å². The Balaban J connectivity index is 1.97. The molecule has 6 heteroatoms. The highest BCUT2D eigenvalue weighted by atomic mass is 16.6. The van der Waals surface area contributed by atoms with E-state index in [1.165, 1.54) is 19.3 Å². The van der Waals surface area contributed by atoms with Crippen LogP contribution in [0.5, 0.6) is 0 Å². The number of rotatable bonds is 4. The number of amides is 1. The molecule has 0 aromatic carbocycles. The molecule has 2 atom stereocenters. The SMILES string of the molecule is CC1CCCCC1NC1(CC(=O)O)CN(C(=O)OC(C)(C)C)C1. The standard InChI is InChI=1S/C17H30N2O4/c1-12-7-5-6-8-13(12)18-17(9-14(20)21)10-19(11-17)15(22)23-16(2,3)4/h12-13,18H,5-11H2,1-4H3,(H,20,21). The fourth-order valence-electron chi connectivity index (χ4n) is 3.61. The summed E-state index contributed by atoms with van der Waals surface area (Å²) in [6, 6.07) is 0.337. The van der Waals surface area contributed by atoms with Gasteiger partial charge in [-0.25, -0.2) is 4.79 Å². The van der Waals surface area contributed by atoms with E-state index in [9.17, 15) is 14.7 Å². The number of carboxylic acid groups (broad SMARTS) is 1. The van der Waals surface area contributed by atoms with Gasteiger partial charge < -0.3 is 20.1 Å². The Morgan fingerprint density at radius 3 is 2.39 bits per heavy atom. The monoisotopic (exact) mass is 326 g/mol. The van der Waals surface area contributed by atoms with Crippen LogP contribution in [0.2, 0.25) is 0 Å². The zero-order chi connectivity index (χ0) is 17.3. The number of ether oxygens (including phenoxy) is 1. The summed E-state index contributed by atoms with van der Waals surface area (Å²) < 4.78 is 5.36. The molecule has 1 heterocycles. The molecule has 2 unspecified atom stereocenters. The van der Waals surface area contributed by atoms with Crippen LogP contribution in [0.1, 0.15) is 59.8 Å². The van der Waals surface area contributed by atoms with Gasteiger partial charge in [0.05, 0.1) is 12.0 Å². The van der Waals surface area contributed by atoms with Crippen LogP contribution in [0.15, 0.2) is 0 Å². The average molecular weight is 326 g/mol. The van der Waals surface area contributed by atoms with Gasteiger partial charge in [0.25, 0.3) is 0 Å². The number of carbonyl (C=O) groups excluding carboxylic acids is 1. The Labute approximate surface area is 138 Å². The highest BCUT2D eigenvalue weighted by Crippen LogP contribution is 2.31. The minimum absolute atomic E-state index is 0.0372. The number of nitrogens with zero attached hydrogens (tertiary/aromatic N) is 1. The summed E-state index contributed by atoms with van der Waals surface area (Å²) in [5, 5.41) is 12.8. The van der Waals surface area contributed by atoms with Crippen molar-refractivity contribution in [2.75, 3.05) is 13.1 Å². The van der Waals surface area contributed by atoms with Crippen molar-refractivity contribution < 1.29 is 19.4 Å². The summed E-state index contributed by atoms with van der Waals surface area (Å²) in [4.78, 5) is 25.0. The van der Waals surface area contributed by atoms with Crippen LogP contribution >= 0.6 is 0 Å². The van der Waals surface area contributed by atoms with Gasteiger partial charge in [0.1, 0.15) is 5.60 Å². The number of aliphatic carboxylic acids is 1. The number of carboxylic acids is 1. The van der Waals surface area contributed by atoms with Gasteiger partial charge in [-0.05, 0) is 39.5 Å². The summed E-state index contributed by atoms with van der Waals surface area (Å²) in [6.07, 6.45) is 4.36. The molecular formula is C17H30N2O4. The first-order chi connectivity index (χ1) is 10.6. The second-order valence-electron chi connectivity index (χ2n) is 8.20. The fraction of sp³-hybridized carbons (Fsp3) is 0.882. The smallest absolute Gasteiger partial charge is 0.410 e. The Morgan fingerprint density at radius 2 is 1.87 bits per heavy atom. The largest absolute Gasteiger partial charge is 0.481 e. The maximum absolute atomic E-state index is 12.1. The number of hydrogen-bond donors (Lipinski definition) is 2. The topological polar surface area (TPSA) is 78.9 Å². The van der Waals surface area contributed by atoms with Crippen LogP contribution in [0.25, 0.3) is 0 Å². The maximum atomic E-state index is 12.1. The third-order valence-electron chi connectivity index (χ3n) is 4.73. The minimum Gasteiger partial charge on any atom is -0.481 e. The molecule has 0 bridgehead atoms. The number of hydrogen-bond acceptors (Lipinski definition) is 4. The van der Waals surface area contributed by atoms with Crippen molar-refractivity contribution in [2.24, 2.45) is 5.92 Å². The molecule has 1 saturated carbocycles. The highest BCUT2D eigenvalue weighted by molar-refractivity contribution is 5.73. The number of likely N-dealkylation sites (tertiary alicyclic amines) is 1. The van der Waals surface area contributed by atoms with Gasteiger partial charge in [-0.15, -0.1) is 0 Å². The van der Waals surface area contributed by atoms with Crippen LogP contribution in [-0.2, 0) is 9.53 Å². The van der Waals surface area contributed by atoms with Crippen LogP contribution < -0.4 is 5.32 Å². The zero-order valence-corrected chi connectivity index (χ0v) is 14.7. The summed E-state index contributed by atoms with van der Waals surface area (Å²) in [7, 11) is 0. The Morgan fingerprint density at radius 1 is 1.26 bits per heavy atom. The van der Waals surface area contributed by atoms with Gasteiger partial charge in [-0.2, -0.15) is 0 Å². The molecule has 0 aromatic rings. The van der Waals surface area contributed by atoms with Crippen molar-refractivity contribution in [3.8, 4) is 0 Å². The van der Waals surface area contributed by atoms with E-state index in [0.29, 0.717) is 25.0 Å². The fourth-order valence-corrected chi connectivity index (χ4v) is 3.61. The minimum atomic E-state index is -0.829. The molecule has 0 aromatic heterocycles. The van der Waals surface area contributed by atoms with Gasteiger partial charge in [-0.3, -0.25) is 4.79 Å². The lowest BCUT2D eigenvalue weighted by Gasteiger charge is -2.52. The molecule has 1 aliphatic heterocycles. The van der Waals surface area contributed by atoms with Crippen molar-refractivity contribution in [2.45, 2.75) is 77.0 Å². The molecule has 132 valence electrons. The summed E-state index contributed by atoms with van der Waals surface area (Å²) in [5.74, 6) is -0.283. The lowest BCUT2D eigenvalue weighted by atomic mass is 9.80. The lowest BCUT2D eigenvalue weighted by molar-refractivity contribution is -0.141. The summed E-state index contributed by atoms with van der Waals surface area (Å²) in [5.41, 5.74) is -1.05. The van der Waals surface area contributed by atoms with Crippen LogP contribution in [0.4, 0.5) is 4.79 Å². The molecule has 2 fully saturated rings. The van der Waals surface area contributed by atoms with E-state index in [-0.39, 0.29) is 12.5 Å². The molecule has 23 heavy (non-hydrogen) atoms. The highest BCUT2D eigenvalue weighted by Gasteiger charge is 2.49. The second-order valence-corrected chi connectivity index (χ2v) is 8.20. The third-order valence-corrected chi connectivity index (χ3v) is 4.73. The van der Waals surface area contributed by atoms with Crippen molar-refractivity contribution in [3.05, 3.63) is 0 Å². The van der Waals surface area contributed by atoms with E-state index in [1.54, 1.807) is 4.90 Å². The molecular weight excluding hydrogens is 296 g/mol. The van der Waals surface area contributed by atoms with E-state index < -0.39 is 17.1 Å². The Bertz CT molecular complexity index is 452. The van der Waals surface area contributed by atoms with Gasteiger partial charge in [0.2, 0.25) is 0 Å². The predicted octanol–water partition coefficient (Wildman–Crippen LogP) is 2.62. The summed E-state index contributed by atoms with van der Waals surface area (Å²) in [6.45, 7) is 8.51. The van der Waals surface area contributed by atoms with E-state index in [2.05, 4.69) is 12.2 Å². The van der Waals surface area contributed by atoms with Gasteiger partial charge >= 0.3 is 12.1 Å². The molecule has 2 N–H and O–H groups in total. The first-order valence-electron chi connectivity index (χ1n) is 8.58. The second kappa shape index (κ2) is 6.67. The van der Waals surface area contributed by atoms with Crippen molar-refractivity contribution in [3.63, 3.8) is 0 Å². The third kappa shape index (κ3) is 4.83. The summed E-state index contributed by atoms with van der Waals surface area (Å²) >= 11 is 0. The molecule has 2 aliphatic rings. The molecule has 1 aliphatic carbocycles. The molecule has 0 spiro atoms. The van der Waals surface area contributed by atoms with Gasteiger partial charge in [0, 0.05) is 19.1 Å². The Kier molecular flexibility index (Phi) is 5.23. The number of carbonyl (C=O) groups is 2. The Hall–Kier alpha value is -1.30. The first kappa shape index (κ1) is 18.0. The van der Waals surface area contributed by atoms with Gasteiger partial charge in [0.15, 0.2) is 0 Å². The molecule has 6 nitrogen and oxygen atoms in total. The number of nitrogens with one attached hydrogen (secondary N) is 1. The van der Waals surface area contributed by atoms with Crippen LogP contribution in [0, 0.1) is 5.92 Å². The van der Waals surface area contributed by atoms with Crippen molar-refractivity contribution in [1.82, 2.24) is 10.2 Å². The van der Waals surface area contributed by atoms with E-state index in [4.69, 9.17) is 4.74 Å². The van der Waals surface area contributed by atoms with Crippen LogP contribution in [0.3, 0.4) is 0 Å². The van der Waals surface area contributed by atoms with E-state index in [1.807, 2.05) is 20.8 Å². The molecule has 1 amide bonds. The quantitative estimate of drug-likeness (QED) is 0.830. The molecule has 2 rings (SSSR count). The zero-order valence-electron chi connectivity index (χ0n) is 14.7. The normalized spacial score (nSPS) is 27.2. The average Bonchev–Trinajstić information content (AvgIpc) is 2.35. The molecule has 1 saturated heterocycles. The van der Waals surface area contributed by atoms with Gasteiger partial charge in [-0.1, -0.05) is 19.8 Å². The van der Waals surface area contributed by atoms with Crippen molar-refractivity contribution in [1.29, 1.82) is 0 Å².